The second-order valence-corrected chi connectivity index (χ2v) is 4.87. The van der Waals surface area contributed by atoms with Crippen LogP contribution in [-0.2, 0) is 0 Å². The fourth-order valence-corrected chi connectivity index (χ4v) is 2.33. The number of amides is 1. The summed E-state index contributed by atoms with van der Waals surface area (Å²) in [7, 11) is 1.62. The number of rotatable bonds is 3. The average Bonchev–Trinajstić information content (AvgIpc) is 2.93. The molecular formula is C17H16N2O2. The zero-order valence-electron chi connectivity index (χ0n) is 11.9. The summed E-state index contributed by atoms with van der Waals surface area (Å²) in [6.07, 6.45) is 0. The zero-order valence-corrected chi connectivity index (χ0v) is 11.9. The molecule has 3 rings (SSSR count). The first-order valence-corrected chi connectivity index (χ1v) is 6.72. The molecule has 3 aromatic rings. The van der Waals surface area contributed by atoms with Crippen LogP contribution in [0.2, 0.25) is 0 Å². The maximum atomic E-state index is 12.4. The van der Waals surface area contributed by atoms with Crippen molar-refractivity contribution in [1.29, 1.82) is 0 Å². The Morgan fingerprint density at radius 2 is 1.95 bits per heavy atom. The molecule has 0 aliphatic carbocycles. The average molecular weight is 280 g/mol. The molecule has 0 aliphatic rings. The number of carbonyl (C=O) groups is 1. The maximum absolute atomic E-state index is 12.4. The Kier molecular flexibility index (Phi) is 3.36. The number of benzene rings is 2. The van der Waals surface area contributed by atoms with E-state index in [1.54, 1.807) is 7.11 Å². The third-order valence-corrected chi connectivity index (χ3v) is 3.48. The SMILES string of the molecule is COc1cccc2[nH]c(C(=O)Nc3ccccc3C)cc12. The number of methoxy groups -OCH3 is 1. The summed E-state index contributed by atoms with van der Waals surface area (Å²) in [4.78, 5) is 15.5. The van der Waals surface area contributed by atoms with E-state index in [0.717, 1.165) is 27.9 Å². The fraction of sp³-hybridized carbons (Fsp3) is 0.118. The molecule has 0 atom stereocenters. The highest BCUT2D eigenvalue weighted by Gasteiger charge is 2.12. The van der Waals surface area contributed by atoms with Crippen molar-refractivity contribution in [3.8, 4) is 5.75 Å². The van der Waals surface area contributed by atoms with E-state index in [9.17, 15) is 4.79 Å². The number of H-pyrrole nitrogens is 1. The molecule has 21 heavy (non-hydrogen) atoms. The van der Waals surface area contributed by atoms with Crippen LogP contribution in [0.5, 0.6) is 5.75 Å². The van der Waals surface area contributed by atoms with Gasteiger partial charge in [0.15, 0.2) is 0 Å². The van der Waals surface area contributed by atoms with Crippen LogP contribution in [0.25, 0.3) is 10.9 Å². The lowest BCUT2D eigenvalue weighted by Crippen LogP contribution is -2.12. The molecule has 0 bridgehead atoms. The Morgan fingerprint density at radius 3 is 2.71 bits per heavy atom. The monoisotopic (exact) mass is 280 g/mol. The number of para-hydroxylation sites is 1. The van der Waals surface area contributed by atoms with Gasteiger partial charge in [-0.1, -0.05) is 24.3 Å². The topological polar surface area (TPSA) is 54.1 Å². The highest BCUT2D eigenvalue weighted by atomic mass is 16.5. The minimum absolute atomic E-state index is 0.164. The first-order valence-electron chi connectivity index (χ1n) is 6.72. The Morgan fingerprint density at radius 1 is 1.14 bits per heavy atom. The Bertz CT molecular complexity index is 805. The quantitative estimate of drug-likeness (QED) is 0.768. The Hall–Kier alpha value is -2.75. The molecule has 4 heteroatoms. The van der Waals surface area contributed by atoms with Gasteiger partial charge in [-0.2, -0.15) is 0 Å². The van der Waals surface area contributed by atoms with Crippen molar-refractivity contribution in [3.05, 3.63) is 59.8 Å². The minimum Gasteiger partial charge on any atom is -0.496 e. The van der Waals surface area contributed by atoms with Crippen molar-refractivity contribution >= 4 is 22.5 Å². The Balaban J connectivity index is 1.93. The van der Waals surface area contributed by atoms with Gasteiger partial charge in [-0.05, 0) is 36.8 Å². The summed E-state index contributed by atoms with van der Waals surface area (Å²) in [5, 5.41) is 3.81. The fourth-order valence-electron chi connectivity index (χ4n) is 2.33. The van der Waals surface area contributed by atoms with Crippen molar-refractivity contribution in [2.45, 2.75) is 6.92 Å². The number of aryl methyl sites for hydroxylation is 1. The molecule has 1 heterocycles. The van der Waals surface area contributed by atoms with Crippen molar-refractivity contribution in [3.63, 3.8) is 0 Å². The summed E-state index contributed by atoms with van der Waals surface area (Å²) >= 11 is 0. The number of aromatic amines is 1. The minimum atomic E-state index is -0.164. The van der Waals surface area contributed by atoms with Gasteiger partial charge in [-0.25, -0.2) is 0 Å². The highest BCUT2D eigenvalue weighted by Crippen LogP contribution is 2.26. The molecular weight excluding hydrogens is 264 g/mol. The van der Waals surface area contributed by atoms with Crippen molar-refractivity contribution in [2.75, 3.05) is 12.4 Å². The third-order valence-electron chi connectivity index (χ3n) is 3.48. The summed E-state index contributed by atoms with van der Waals surface area (Å²) in [5.74, 6) is 0.584. The van der Waals surface area contributed by atoms with Gasteiger partial charge in [-0.15, -0.1) is 0 Å². The van der Waals surface area contributed by atoms with Crippen LogP contribution < -0.4 is 10.1 Å². The maximum Gasteiger partial charge on any atom is 0.272 e. The molecule has 0 fully saturated rings. The summed E-state index contributed by atoms with van der Waals surface area (Å²) in [6, 6.07) is 15.2. The van der Waals surface area contributed by atoms with Gasteiger partial charge in [0.25, 0.3) is 5.91 Å². The lowest BCUT2D eigenvalue weighted by molar-refractivity contribution is 0.102. The van der Waals surface area contributed by atoms with E-state index in [1.165, 1.54) is 0 Å². The molecule has 4 nitrogen and oxygen atoms in total. The molecule has 0 saturated heterocycles. The van der Waals surface area contributed by atoms with E-state index in [-0.39, 0.29) is 5.91 Å². The van der Waals surface area contributed by atoms with Crippen LogP contribution in [0, 0.1) is 6.92 Å². The van der Waals surface area contributed by atoms with Crippen LogP contribution in [0.1, 0.15) is 16.1 Å². The first kappa shape index (κ1) is 13.2. The molecule has 0 spiro atoms. The lowest BCUT2D eigenvalue weighted by atomic mass is 10.2. The van der Waals surface area contributed by atoms with Crippen LogP contribution in [-0.4, -0.2) is 18.0 Å². The summed E-state index contributed by atoms with van der Waals surface area (Å²) in [6.45, 7) is 1.96. The number of anilines is 1. The van der Waals surface area contributed by atoms with Crippen molar-refractivity contribution in [1.82, 2.24) is 4.98 Å². The third kappa shape index (κ3) is 2.48. The van der Waals surface area contributed by atoms with E-state index < -0.39 is 0 Å². The number of hydrogen-bond acceptors (Lipinski definition) is 2. The predicted molar refractivity (Wildman–Crippen MR) is 84.0 cm³/mol. The predicted octanol–water partition coefficient (Wildman–Crippen LogP) is 3.74. The van der Waals surface area contributed by atoms with Gasteiger partial charge in [-0.3, -0.25) is 4.79 Å². The van der Waals surface area contributed by atoms with Gasteiger partial charge in [0.05, 0.1) is 7.11 Å². The number of nitrogens with one attached hydrogen (secondary N) is 2. The van der Waals surface area contributed by atoms with E-state index >= 15 is 0 Å². The number of ether oxygens (including phenoxy) is 1. The second-order valence-electron chi connectivity index (χ2n) is 4.87. The summed E-state index contributed by atoms with van der Waals surface area (Å²) < 4.78 is 5.31. The molecule has 1 aromatic heterocycles. The van der Waals surface area contributed by atoms with Gasteiger partial charge in [0.1, 0.15) is 11.4 Å². The summed E-state index contributed by atoms with van der Waals surface area (Å²) in [5.41, 5.74) is 3.23. The zero-order chi connectivity index (χ0) is 14.8. The van der Waals surface area contributed by atoms with Crippen LogP contribution in [0.3, 0.4) is 0 Å². The van der Waals surface area contributed by atoms with Crippen LogP contribution >= 0.6 is 0 Å². The van der Waals surface area contributed by atoms with E-state index in [4.69, 9.17) is 4.74 Å². The smallest absolute Gasteiger partial charge is 0.272 e. The van der Waals surface area contributed by atoms with Gasteiger partial charge >= 0.3 is 0 Å². The van der Waals surface area contributed by atoms with E-state index in [2.05, 4.69) is 10.3 Å². The molecule has 0 saturated carbocycles. The van der Waals surface area contributed by atoms with Gasteiger partial charge in [0, 0.05) is 16.6 Å². The standard InChI is InChI=1S/C17H16N2O2/c1-11-6-3-4-7-13(11)19-17(20)15-10-12-14(18-15)8-5-9-16(12)21-2/h3-10,18H,1-2H3,(H,19,20). The second kappa shape index (κ2) is 5.32. The lowest BCUT2D eigenvalue weighted by Gasteiger charge is -2.06. The largest absolute Gasteiger partial charge is 0.496 e. The van der Waals surface area contributed by atoms with E-state index in [0.29, 0.717) is 5.69 Å². The first-order chi connectivity index (χ1) is 10.2. The molecule has 2 aromatic carbocycles. The molecule has 0 aliphatic heterocycles. The number of hydrogen-bond donors (Lipinski definition) is 2. The molecule has 106 valence electrons. The molecule has 1 amide bonds. The van der Waals surface area contributed by atoms with Crippen LogP contribution in [0.4, 0.5) is 5.69 Å². The normalized spacial score (nSPS) is 10.6. The number of fused-ring (bicyclic) bond motifs is 1. The van der Waals surface area contributed by atoms with Gasteiger partial charge < -0.3 is 15.0 Å². The Labute approximate surface area is 122 Å². The highest BCUT2D eigenvalue weighted by molar-refractivity contribution is 6.06. The number of aromatic nitrogens is 1. The van der Waals surface area contributed by atoms with E-state index in [1.807, 2.05) is 55.5 Å². The van der Waals surface area contributed by atoms with Gasteiger partial charge in [0.2, 0.25) is 0 Å². The number of carbonyl (C=O) groups excluding carboxylic acids is 1. The molecule has 0 radical (unpaired) electrons. The van der Waals surface area contributed by atoms with Crippen molar-refractivity contribution in [2.24, 2.45) is 0 Å². The molecule has 0 unspecified atom stereocenters. The molecule has 2 N–H and O–H groups in total. The van der Waals surface area contributed by atoms with Crippen LogP contribution in [0.15, 0.2) is 48.5 Å². The van der Waals surface area contributed by atoms with Crippen molar-refractivity contribution < 1.29 is 9.53 Å².